The number of carbonyl (C=O) groups is 1. The molecule has 14 heavy (non-hydrogen) atoms. The third-order valence-corrected chi connectivity index (χ3v) is 2.76. The molecule has 1 aromatic rings. The fourth-order valence-corrected chi connectivity index (χ4v) is 1.47. The molecule has 1 aromatic heterocycles. The smallest absolute Gasteiger partial charge is 0.338 e. The van der Waals surface area contributed by atoms with Crippen LogP contribution in [0, 0.1) is 0 Å². The summed E-state index contributed by atoms with van der Waals surface area (Å²) >= 11 is 8.33. The maximum absolute atomic E-state index is 12.3. The van der Waals surface area contributed by atoms with Gasteiger partial charge in [0.1, 0.15) is 11.3 Å². The van der Waals surface area contributed by atoms with E-state index in [1.54, 1.807) is 0 Å². The van der Waals surface area contributed by atoms with E-state index in [1.807, 2.05) is 0 Å². The first-order chi connectivity index (χ1) is 6.45. The Kier molecular flexibility index (Phi) is 3.38. The molecule has 3 nitrogen and oxygen atoms in total. The quantitative estimate of drug-likeness (QED) is 0.908. The second kappa shape index (κ2) is 4.18. The SMILES string of the molecule is O=C(O)c1c(C(F)F)ncc(Cl)c1Br. The predicted molar refractivity (Wildman–Crippen MR) is 48.9 cm³/mol. The van der Waals surface area contributed by atoms with Crippen molar-refractivity contribution in [1.82, 2.24) is 4.98 Å². The largest absolute Gasteiger partial charge is 0.478 e. The summed E-state index contributed by atoms with van der Waals surface area (Å²) in [6.45, 7) is 0. The van der Waals surface area contributed by atoms with Crippen molar-refractivity contribution in [3.8, 4) is 0 Å². The molecule has 0 fully saturated rings. The van der Waals surface area contributed by atoms with Gasteiger partial charge in [-0.2, -0.15) is 0 Å². The minimum Gasteiger partial charge on any atom is -0.478 e. The normalized spacial score (nSPS) is 10.6. The van der Waals surface area contributed by atoms with Crippen molar-refractivity contribution in [3.63, 3.8) is 0 Å². The minimum atomic E-state index is -2.95. The number of alkyl halides is 2. The summed E-state index contributed by atoms with van der Waals surface area (Å²) in [7, 11) is 0. The van der Waals surface area contributed by atoms with Crippen molar-refractivity contribution in [1.29, 1.82) is 0 Å². The fourth-order valence-electron chi connectivity index (χ4n) is 0.848. The molecule has 7 heteroatoms. The van der Waals surface area contributed by atoms with Crippen LogP contribution in [-0.2, 0) is 0 Å². The first kappa shape index (κ1) is 11.3. The van der Waals surface area contributed by atoms with E-state index < -0.39 is 23.7 Å². The predicted octanol–water partition coefficient (Wildman–Crippen LogP) is 3.13. The number of carboxylic acids is 1. The fraction of sp³-hybridized carbons (Fsp3) is 0.143. The van der Waals surface area contributed by atoms with Gasteiger partial charge in [-0.15, -0.1) is 0 Å². The standard InChI is InChI=1S/C7H3BrClF2NO2/c8-4-2(9)1-12-5(6(10)11)3(4)7(13)14/h1,6H,(H,13,14). The summed E-state index contributed by atoms with van der Waals surface area (Å²) in [6, 6.07) is 0. The van der Waals surface area contributed by atoms with Crippen molar-refractivity contribution in [3.05, 3.63) is 26.9 Å². The zero-order valence-electron chi connectivity index (χ0n) is 6.47. The Morgan fingerprint density at radius 3 is 2.64 bits per heavy atom. The first-order valence-corrected chi connectivity index (χ1v) is 4.47. The highest BCUT2D eigenvalue weighted by atomic mass is 79.9. The molecule has 0 unspecified atom stereocenters. The van der Waals surface area contributed by atoms with E-state index in [0.717, 1.165) is 6.20 Å². The van der Waals surface area contributed by atoms with E-state index in [2.05, 4.69) is 20.9 Å². The molecule has 1 rings (SSSR count). The summed E-state index contributed by atoms with van der Waals surface area (Å²) in [4.78, 5) is 13.9. The van der Waals surface area contributed by atoms with Gasteiger partial charge in [0.2, 0.25) is 0 Å². The van der Waals surface area contributed by atoms with Crippen LogP contribution in [0.15, 0.2) is 10.7 Å². The van der Waals surface area contributed by atoms with Gasteiger partial charge in [0, 0.05) is 6.20 Å². The van der Waals surface area contributed by atoms with Crippen LogP contribution in [-0.4, -0.2) is 16.1 Å². The second-order valence-electron chi connectivity index (χ2n) is 2.29. The van der Waals surface area contributed by atoms with Crippen LogP contribution in [0.4, 0.5) is 8.78 Å². The van der Waals surface area contributed by atoms with Gasteiger partial charge in [-0.25, -0.2) is 13.6 Å². The molecule has 0 saturated carbocycles. The molecule has 0 bridgehead atoms. The Morgan fingerprint density at radius 1 is 1.64 bits per heavy atom. The zero-order valence-corrected chi connectivity index (χ0v) is 8.81. The lowest BCUT2D eigenvalue weighted by molar-refractivity contribution is 0.0681. The van der Waals surface area contributed by atoms with Crippen LogP contribution in [0.3, 0.4) is 0 Å². The Bertz CT molecular complexity index is 386. The van der Waals surface area contributed by atoms with E-state index >= 15 is 0 Å². The minimum absolute atomic E-state index is 0.0215. The van der Waals surface area contributed by atoms with Gasteiger partial charge < -0.3 is 5.11 Å². The highest BCUT2D eigenvalue weighted by Crippen LogP contribution is 2.31. The summed E-state index contributed by atoms with van der Waals surface area (Å²) in [5.41, 5.74) is -1.40. The lowest BCUT2D eigenvalue weighted by atomic mass is 10.2. The monoisotopic (exact) mass is 285 g/mol. The highest BCUT2D eigenvalue weighted by Gasteiger charge is 2.23. The van der Waals surface area contributed by atoms with Crippen LogP contribution >= 0.6 is 27.5 Å². The Hall–Kier alpha value is -0.750. The third kappa shape index (κ3) is 2.01. The Balaban J connectivity index is 3.45. The number of carboxylic acid groups (broad SMARTS) is 1. The average Bonchev–Trinajstić information content (AvgIpc) is 2.08. The number of aromatic carboxylic acids is 1. The Morgan fingerprint density at radius 2 is 2.21 bits per heavy atom. The molecule has 1 N–H and O–H groups in total. The summed E-state index contributed by atoms with van der Waals surface area (Å²) in [5.74, 6) is -1.50. The van der Waals surface area contributed by atoms with Crippen molar-refractivity contribution >= 4 is 33.5 Å². The van der Waals surface area contributed by atoms with E-state index in [4.69, 9.17) is 16.7 Å². The summed E-state index contributed by atoms with van der Waals surface area (Å²) in [6.07, 6.45) is -1.98. The molecule has 0 atom stereocenters. The third-order valence-electron chi connectivity index (χ3n) is 1.42. The van der Waals surface area contributed by atoms with Crippen molar-refractivity contribution < 1.29 is 18.7 Å². The number of hydrogen-bond acceptors (Lipinski definition) is 2. The molecule has 0 spiro atoms. The molecule has 1 heterocycles. The molecule has 0 aromatic carbocycles. The van der Waals surface area contributed by atoms with Gasteiger partial charge >= 0.3 is 5.97 Å². The lowest BCUT2D eigenvalue weighted by Crippen LogP contribution is -2.06. The molecule has 76 valence electrons. The van der Waals surface area contributed by atoms with Crippen LogP contribution in [0.2, 0.25) is 5.02 Å². The number of hydrogen-bond donors (Lipinski definition) is 1. The van der Waals surface area contributed by atoms with E-state index in [0.29, 0.717) is 0 Å². The number of rotatable bonds is 2. The lowest BCUT2D eigenvalue weighted by Gasteiger charge is -2.06. The topological polar surface area (TPSA) is 50.2 Å². The Labute approximate surface area is 90.8 Å². The van der Waals surface area contributed by atoms with Gasteiger partial charge in [0.25, 0.3) is 6.43 Å². The number of halogens is 4. The van der Waals surface area contributed by atoms with E-state index in [1.165, 1.54) is 0 Å². The number of pyridine rings is 1. The maximum Gasteiger partial charge on any atom is 0.338 e. The van der Waals surface area contributed by atoms with Gasteiger partial charge in [-0.1, -0.05) is 11.6 Å². The van der Waals surface area contributed by atoms with E-state index in [-0.39, 0.29) is 9.50 Å². The molecule has 0 aliphatic rings. The van der Waals surface area contributed by atoms with Gasteiger partial charge in [-0.3, -0.25) is 4.98 Å². The second-order valence-corrected chi connectivity index (χ2v) is 3.49. The number of aromatic nitrogens is 1. The van der Waals surface area contributed by atoms with Crippen molar-refractivity contribution in [2.45, 2.75) is 6.43 Å². The maximum atomic E-state index is 12.3. The van der Waals surface area contributed by atoms with Crippen LogP contribution in [0.5, 0.6) is 0 Å². The zero-order chi connectivity index (χ0) is 10.9. The molecular formula is C7H3BrClF2NO2. The average molecular weight is 286 g/mol. The van der Waals surface area contributed by atoms with Crippen molar-refractivity contribution in [2.75, 3.05) is 0 Å². The first-order valence-electron chi connectivity index (χ1n) is 3.30. The summed E-state index contributed by atoms with van der Waals surface area (Å²) < 4.78 is 24.5. The molecule has 0 aliphatic heterocycles. The molecule has 0 saturated heterocycles. The molecular weight excluding hydrogens is 283 g/mol. The van der Waals surface area contributed by atoms with Gasteiger partial charge in [0.15, 0.2) is 0 Å². The van der Waals surface area contributed by atoms with Crippen LogP contribution in [0.25, 0.3) is 0 Å². The van der Waals surface area contributed by atoms with Gasteiger partial charge in [-0.05, 0) is 15.9 Å². The van der Waals surface area contributed by atoms with Gasteiger partial charge in [0.05, 0.1) is 9.50 Å². The molecule has 0 aliphatic carbocycles. The summed E-state index contributed by atoms with van der Waals surface area (Å²) in [5, 5.41) is 8.64. The molecule has 0 radical (unpaired) electrons. The number of nitrogens with zero attached hydrogens (tertiary/aromatic N) is 1. The van der Waals surface area contributed by atoms with Crippen LogP contribution in [0.1, 0.15) is 22.5 Å². The molecule has 0 amide bonds. The van der Waals surface area contributed by atoms with E-state index in [9.17, 15) is 13.6 Å². The van der Waals surface area contributed by atoms with Crippen LogP contribution < -0.4 is 0 Å². The highest BCUT2D eigenvalue weighted by molar-refractivity contribution is 9.10. The van der Waals surface area contributed by atoms with Crippen molar-refractivity contribution in [2.24, 2.45) is 0 Å².